The predicted molar refractivity (Wildman–Crippen MR) is 131 cm³/mol. The van der Waals surface area contributed by atoms with Crippen molar-refractivity contribution in [3.8, 4) is 0 Å². The average molecular weight is 466 g/mol. The van der Waals surface area contributed by atoms with E-state index < -0.39 is 0 Å². The number of pyridine rings is 1. The SMILES string of the molecule is O=CNc1ccc(N2CCC(OCCN3CCN(c4cccc(C=O)c4C=O)CC3)CC2)cn1. The van der Waals surface area contributed by atoms with Gasteiger partial charge < -0.3 is 19.9 Å². The van der Waals surface area contributed by atoms with Crippen LogP contribution in [0.2, 0.25) is 0 Å². The van der Waals surface area contributed by atoms with Crippen molar-refractivity contribution >= 4 is 36.2 Å². The van der Waals surface area contributed by atoms with Crippen LogP contribution < -0.4 is 15.1 Å². The lowest BCUT2D eigenvalue weighted by Gasteiger charge is -2.37. The van der Waals surface area contributed by atoms with Crippen LogP contribution in [0.25, 0.3) is 0 Å². The van der Waals surface area contributed by atoms with Crippen molar-refractivity contribution in [3.63, 3.8) is 0 Å². The number of ether oxygens (including phenoxy) is 1. The molecule has 2 aliphatic rings. The molecule has 2 saturated heterocycles. The third-order valence-corrected chi connectivity index (χ3v) is 6.60. The highest BCUT2D eigenvalue weighted by Gasteiger charge is 2.22. The fourth-order valence-electron chi connectivity index (χ4n) is 4.64. The standard InChI is InChI=1S/C25H31N5O4/c31-17-20-2-1-3-24(23(20)18-32)30-12-10-28(11-13-30)14-15-34-22-6-8-29(9-7-22)21-4-5-25(26-16-21)27-19-33/h1-5,16-19,22H,6-15H2,(H,26,27,33). The van der Waals surface area contributed by atoms with Gasteiger partial charge in [-0.15, -0.1) is 0 Å². The number of anilines is 3. The second kappa shape index (κ2) is 11.7. The number of nitrogens with one attached hydrogen (secondary N) is 1. The van der Waals surface area contributed by atoms with Crippen LogP contribution in [0, 0.1) is 0 Å². The zero-order chi connectivity index (χ0) is 23.8. The van der Waals surface area contributed by atoms with Gasteiger partial charge >= 0.3 is 0 Å². The van der Waals surface area contributed by atoms with Crippen molar-refractivity contribution in [3.05, 3.63) is 47.7 Å². The lowest BCUT2D eigenvalue weighted by atomic mass is 10.1. The van der Waals surface area contributed by atoms with Crippen molar-refractivity contribution in [1.82, 2.24) is 9.88 Å². The number of rotatable bonds is 10. The van der Waals surface area contributed by atoms with Gasteiger partial charge in [0.2, 0.25) is 6.41 Å². The van der Waals surface area contributed by atoms with E-state index in [-0.39, 0.29) is 6.10 Å². The number of hydrogen-bond acceptors (Lipinski definition) is 8. The number of hydrogen-bond donors (Lipinski definition) is 1. The molecule has 4 rings (SSSR count). The van der Waals surface area contributed by atoms with E-state index >= 15 is 0 Å². The first-order chi connectivity index (χ1) is 16.7. The zero-order valence-electron chi connectivity index (χ0n) is 19.3. The molecule has 9 nitrogen and oxygen atoms in total. The number of benzene rings is 1. The van der Waals surface area contributed by atoms with E-state index in [1.54, 1.807) is 12.3 Å². The van der Waals surface area contributed by atoms with Gasteiger partial charge in [0.05, 0.1) is 24.6 Å². The molecule has 1 amide bonds. The highest BCUT2D eigenvalue weighted by atomic mass is 16.5. The van der Waals surface area contributed by atoms with Crippen LogP contribution in [-0.2, 0) is 9.53 Å². The Balaban J connectivity index is 1.16. The molecule has 1 aromatic carbocycles. The molecular formula is C25H31N5O4. The molecule has 0 radical (unpaired) electrons. The first-order valence-corrected chi connectivity index (χ1v) is 11.7. The number of aromatic nitrogens is 1. The van der Waals surface area contributed by atoms with Crippen molar-refractivity contribution in [2.75, 3.05) is 67.5 Å². The molecule has 2 aromatic rings. The van der Waals surface area contributed by atoms with Gasteiger partial charge in [0.15, 0.2) is 12.6 Å². The van der Waals surface area contributed by atoms with E-state index in [0.717, 1.165) is 82.6 Å². The van der Waals surface area contributed by atoms with Crippen LogP contribution in [0.4, 0.5) is 17.2 Å². The Bertz CT molecular complexity index is 968. The second-order valence-corrected chi connectivity index (χ2v) is 8.57. The van der Waals surface area contributed by atoms with Gasteiger partial charge in [-0.2, -0.15) is 0 Å². The Morgan fingerprint density at radius 1 is 0.941 bits per heavy atom. The molecule has 0 spiro atoms. The highest BCUT2D eigenvalue weighted by molar-refractivity contribution is 5.96. The summed E-state index contributed by atoms with van der Waals surface area (Å²) < 4.78 is 6.17. The van der Waals surface area contributed by atoms with E-state index in [1.807, 2.05) is 24.3 Å². The molecule has 0 saturated carbocycles. The summed E-state index contributed by atoms with van der Waals surface area (Å²) in [5.41, 5.74) is 2.82. The molecule has 180 valence electrons. The summed E-state index contributed by atoms with van der Waals surface area (Å²) in [4.78, 5) is 44.4. The summed E-state index contributed by atoms with van der Waals surface area (Å²) in [6.07, 6.45) is 6.16. The normalized spacial score (nSPS) is 17.4. The Hall–Kier alpha value is -3.30. The third kappa shape index (κ3) is 5.78. The maximum absolute atomic E-state index is 11.5. The molecule has 2 aliphatic heterocycles. The molecule has 0 bridgehead atoms. The first-order valence-electron chi connectivity index (χ1n) is 11.7. The van der Waals surface area contributed by atoms with Gasteiger partial charge in [-0.05, 0) is 31.0 Å². The molecule has 0 aliphatic carbocycles. The van der Waals surface area contributed by atoms with Crippen LogP contribution >= 0.6 is 0 Å². The summed E-state index contributed by atoms with van der Waals surface area (Å²) in [7, 11) is 0. The molecule has 34 heavy (non-hydrogen) atoms. The summed E-state index contributed by atoms with van der Waals surface area (Å²) in [6.45, 7) is 6.86. The fraction of sp³-hybridized carbons (Fsp3) is 0.440. The summed E-state index contributed by atoms with van der Waals surface area (Å²) in [5.74, 6) is 0.552. The minimum atomic E-state index is 0.266. The Morgan fingerprint density at radius 3 is 2.38 bits per heavy atom. The minimum absolute atomic E-state index is 0.266. The lowest BCUT2D eigenvalue weighted by Crippen LogP contribution is -2.48. The maximum Gasteiger partial charge on any atom is 0.212 e. The second-order valence-electron chi connectivity index (χ2n) is 8.57. The van der Waals surface area contributed by atoms with E-state index in [1.165, 1.54) is 0 Å². The average Bonchev–Trinajstić information content (AvgIpc) is 2.89. The van der Waals surface area contributed by atoms with Gasteiger partial charge in [-0.1, -0.05) is 12.1 Å². The molecule has 0 atom stereocenters. The van der Waals surface area contributed by atoms with Crippen molar-refractivity contribution in [2.24, 2.45) is 0 Å². The number of aldehydes is 2. The quantitative estimate of drug-likeness (QED) is 0.533. The molecule has 9 heteroatoms. The monoisotopic (exact) mass is 465 g/mol. The summed E-state index contributed by atoms with van der Waals surface area (Å²) >= 11 is 0. The molecule has 3 heterocycles. The van der Waals surface area contributed by atoms with Gasteiger partial charge in [-0.3, -0.25) is 19.3 Å². The predicted octanol–water partition coefficient (Wildman–Crippen LogP) is 2.08. The molecule has 1 N–H and O–H groups in total. The van der Waals surface area contributed by atoms with Gasteiger partial charge in [0, 0.05) is 62.6 Å². The van der Waals surface area contributed by atoms with Crippen LogP contribution in [0.15, 0.2) is 36.5 Å². The first kappa shape index (κ1) is 23.8. The number of amides is 1. The maximum atomic E-state index is 11.5. The van der Waals surface area contributed by atoms with E-state index in [9.17, 15) is 14.4 Å². The number of carbonyl (C=O) groups excluding carboxylic acids is 3. The molecular weight excluding hydrogens is 434 g/mol. The third-order valence-electron chi connectivity index (χ3n) is 6.60. The van der Waals surface area contributed by atoms with Crippen LogP contribution in [0.1, 0.15) is 33.6 Å². The Labute approximate surface area is 199 Å². The van der Waals surface area contributed by atoms with Crippen molar-refractivity contribution in [2.45, 2.75) is 18.9 Å². The minimum Gasteiger partial charge on any atom is -0.377 e. The zero-order valence-corrected chi connectivity index (χ0v) is 19.3. The van der Waals surface area contributed by atoms with Crippen LogP contribution in [0.5, 0.6) is 0 Å². The smallest absolute Gasteiger partial charge is 0.212 e. The number of nitrogens with zero attached hydrogens (tertiary/aromatic N) is 4. The molecule has 0 unspecified atom stereocenters. The van der Waals surface area contributed by atoms with E-state index in [4.69, 9.17) is 4.74 Å². The van der Waals surface area contributed by atoms with Gasteiger partial charge in [-0.25, -0.2) is 4.98 Å². The summed E-state index contributed by atoms with van der Waals surface area (Å²) in [5, 5.41) is 2.55. The Kier molecular flexibility index (Phi) is 8.21. The van der Waals surface area contributed by atoms with Crippen molar-refractivity contribution in [1.29, 1.82) is 0 Å². The number of carbonyl (C=O) groups is 3. The van der Waals surface area contributed by atoms with Crippen molar-refractivity contribution < 1.29 is 19.1 Å². The van der Waals surface area contributed by atoms with Gasteiger partial charge in [0.25, 0.3) is 0 Å². The fourth-order valence-corrected chi connectivity index (χ4v) is 4.64. The van der Waals surface area contributed by atoms with Gasteiger partial charge in [0.1, 0.15) is 5.82 Å². The molecule has 2 fully saturated rings. The topological polar surface area (TPSA) is 95.1 Å². The van der Waals surface area contributed by atoms with Crippen LogP contribution in [-0.4, -0.2) is 87.4 Å². The number of piperidine rings is 1. The van der Waals surface area contributed by atoms with E-state index in [2.05, 4.69) is 25.0 Å². The van der Waals surface area contributed by atoms with Crippen LogP contribution in [0.3, 0.4) is 0 Å². The molecule has 1 aromatic heterocycles. The Morgan fingerprint density at radius 2 is 1.74 bits per heavy atom. The largest absolute Gasteiger partial charge is 0.377 e. The highest BCUT2D eigenvalue weighted by Crippen LogP contribution is 2.24. The summed E-state index contributed by atoms with van der Waals surface area (Å²) in [6, 6.07) is 9.21. The lowest BCUT2D eigenvalue weighted by molar-refractivity contribution is -0.105. The number of piperazine rings is 1. The van der Waals surface area contributed by atoms with E-state index in [0.29, 0.717) is 30.0 Å².